The first-order valence-corrected chi connectivity index (χ1v) is 11.0. The quantitative estimate of drug-likeness (QED) is 0.651. The predicted octanol–water partition coefficient (Wildman–Crippen LogP) is 3.50. The van der Waals surface area contributed by atoms with Gasteiger partial charge in [-0.25, -0.2) is 19.2 Å². The van der Waals surface area contributed by atoms with Crippen LogP contribution < -0.4 is 4.90 Å². The Balaban J connectivity index is 1.43. The van der Waals surface area contributed by atoms with Crippen LogP contribution in [0.3, 0.4) is 0 Å². The van der Waals surface area contributed by atoms with Gasteiger partial charge in [-0.15, -0.1) is 0 Å². The number of amides is 1. The van der Waals surface area contributed by atoms with Gasteiger partial charge in [-0.2, -0.15) is 0 Å². The number of piperazine rings is 1. The highest BCUT2D eigenvalue weighted by Crippen LogP contribution is 2.34. The summed E-state index contributed by atoms with van der Waals surface area (Å²) in [7, 11) is 0. The Kier molecular flexibility index (Phi) is 5.72. The Morgan fingerprint density at radius 3 is 2.73 bits per heavy atom. The lowest BCUT2D eigenvalue weighted by Gasteiger charge is -2.35. The molecule has 0 radical (unpaired) electrons. The van der Waals surface area contributed by atoms with Crippen LogP contribution in [0.4, 0.5) is 15.0 Å². The lowest BCUT2D eigenvalue weighted by Crippen LogP contribution is -2.49. The van der Waals surface area contributed by atoms with Crippen molar-refractivity contribution >= 4 is 22.8 Å². The smallest absolute Gasteiger partial charge is 0.410 e. The first-order valence-electron chi connectivity index (χ1n) is 11.0. The largest absolute Gasteiger partial charge is 0.507 e. The second kappa shape index (κ2) is 8.82. The van der Waals surface area contributed by atoms with Gasteiger partial charge in [0.15, 0.2) is 5.82 Å². The van der Waals surface area contributed by atoms with E-state index in [1.54, 1.807) is 4.90 Å². The predicted molar refractivity (Wildman–Crippen MR) is 121 cm³/mol. The molecule has 2 aliphatic heterocycles. The number of hydrogen-bond donors (Lipinski definition) is 1. The summed E-state index contributed by atoms with van der Waals surface area (Å²) in [4.78, 5) is 25.5. The second-order valence-corrected chi connectivity index (χ2v) is 8.37. The molecule has 0 spiro atoms. The minimum atomic E-state index is -0.587. The van der Waals surface area contributed by atoms with Crippen LogP contribution in [0.25, 0.3) is 22.3 Å². The molecule has 2 fully saturated rings. The van der Waals surface area contributed by atoms with Crippen molar-refractivity contribution in [2.45, 2.75) is 19.4 Å². The van der Waals surface area contributed by atoms with Crippen LogP contribution >= 0.6 is 0 Å². The summed E-state index contributed by atoms with van der Waals surface area (Å²) in [6.45, 7) is 5.06. The molecule has 33 heavy (non-hydrogen) atoms. The van der Waals surface area contributed by atoms with Crippen molar-refractivity contribution in [1.29, 1.82) is 0 Å². The van der Waals surface area contributed by atoms with E-state index < -0.39 is 5.82 Å². The van der Waals surface area contributed by atoms with E-state index in [0.717, 1.165) is 17.4 Å². The molecule has 2 aliphatic rings. The minimum absolute atomic E-state index is 0.0249. The number of nitrogens with zero attached hydrogens (tertiary/aromatic N) is 4. The van der Waals surface area contributed by atoms with Crippen LogP contribution in [-0.2, 0) is 9.47 Å². The summed E-state index contributed by atoms with van der Waals surface area (Å²) in [6.07, 6.45) is 0.217. The van der Waals surface area contributed by atoms with Gasteiger partial charge < -0.3 is 24.4 Å². The number of carbonyl (C=O) groups is 1. The molecule has 0 saturated carbocycles. The summed E-state index contributed by atoms with van der Waals surface area (Å²) in [5.41, 5.74) is 1.66. The fraction of sp³-hybridized carbons (Fsp3) is 0.375. The molecule has 1 amide bonds. The van der Waals surface area contributed by atoms with Crippen LogP contribution in [0.2, 0.25) is 0 Å². The highest BCUT2D eigenvalue weighted by Gasteiger charge is 2.28. The van der Waals surface area contributed by atoms with Crippen molar-refractivity contribution in [2.24, 2.45) is 0 Å². The lowest BCUT2D eigenvalue weighted by molar-refractivity contribution is 0.0534. The average molecular weight is 452 g/mol. The number of rotatable bonds is 3. The Labute approximate surface area is 190 Å². The number of carbonyl (C=O) groups excluding carboxylic acids is 1. The monoisotopic (exact) mass is 452 g/mol. The fourth-order valence-corrected chi connectivity index (χ4v) is 4.23. The third kappa shape index (κ3) is 4.28. The fourth-order valence-electron chi connectivity index (χ4n) is 4.23. The van der Waals surface area contributed by atoms with Gasteiger partial charge in [0, 0.05) is 38.0 Å². The topological polar surface area (TPSA) is 88.0 Å². The molecule has 3 aromatic rings. The standard InChI is InChI=1S/C24H25FN4O4/c1-15-5-6-17-19(13-15)26-22(21-18(25)3-2-4-20(21)30)27-23(17)28-8-10-29(11-9-28)24(31)33-16-7-12-32-14-16/h2-6,13,16,30H,7-12,14H2,1H3/t16-/m1/s1. The van der Waals surface area contributed by atoms with Crippen molar-refractivity contribution in [3.05, 3.63) is 47.8 Å². The molecule has 9 heteroatoms. The number of ether oxygens (including phenoxy) is 2. The van der Waals surface area contributed by atoms with Crippen LogP contribution in [-0.4, -0.2) is 71.6 Å². The Hall–Kier alpha value is -3.46. The molecular formula is C24H25FN4O4. The van der Waals surface area contributed by atoms with E-state index in [0.29, 0.717) is 50.7 Å². The molecule has 0 unspecified atom stereocenters. The van der Waals surface area contributed by atoms with E-state index >= 15 is 0 Å². The van der Waals surface area contributed by atoms with Gasteiger partial charge in [0.2, 0.25) is 0 Å². The molecule has 0 bridgehead atoms. The van der Waals surface area contributed by atoms with E-state index in [-0.39, 0.29) is 29.3 Å². The van der Waals surface area contributed by atoms with Gasteiger partial charge >= 0.3 is 6.09 Å². The molecule has 1 N–H and O–H groups in total. The molecule has 1 aromatic heterocycles. The molecule has 8 nitrogen and oxygen atoms in total. The molecule has 2 saturated heterocycles. The zero-order chi connectivity index (χ0) is 22.9. The molecule has 3 heterocycles. The van der Waals surface area contributed by atoms with Crippen molar-refractivity contribution in [3.63, 3.8) is 0 Å². The number of aromatic hydroxyl groups is 1. The van der Waals surface area contributed by atoms with Crippen LogP contribution in [0, 0.1) is 12.7 Å². The maximum Gasteiger partial charge on any atom is 0.410 e. The number of benzene rings is 2. The van der Waals surface area contributed by atoms with Crippen molar-refractivity contribution in [1.82, 2.24) is 14.9 Å². The number of phenols is 1. The number of hydrogen-bond acceptors (Lipinski definition) is 7. The third-order valence-corrected chi connectivity index (χ3v) is 6.04. The van der Waals surface area contributed by atoms with E-state index in [1.807, 2.05) is 25.1 Å². The minimum Gasteiger partial charge on any atom is -0.507 e. The first-order chi connectivity index (χ1) is 16.0. The number of halogens is 1. The summed E-state index contributed by atoms with van der Waals surface area (Å²) < 4.78 is 25.4. The van der Waals surface area contributed by atoms with Crippen molar-refractivity contribution in [2.75, 3.05) is 44.3 Å². The zero-order valence-electron chi connectivity index (χ0n) is 18.3. The molecule has 2 aromatic carbocycles. The van der Waals surface area contributed by atoms with E-state index in [2.05, 4.69) is 14.9 Å². The summed E-state index contributed by atoms with van der Waals surface area (Å²) >= 11 is 0. The summed E-state index contributed by atoms with van der Waals surface area (Å²) in [6, 6.07) is 9.98. The van der Waals surface area contributed by atoms with Crippen LogP contribution in [0.5, 0.6) is 5.75 Å². The second-order valence-electron chi connectivity index (χ2n) is 8.37. The summed E-state index contributed by atoms with van der Waals surface area (Å²) in [5, 5.41) is 11.1. The third-order valence-electron chi connectivity index (χ3n) is 6.04. The number of fused-ring (bicyclic) bond motifs is 1. The highest BCUT2D eigenvalue weighted by atomic mass is 19.1. The number of anilines is 1. The van der Waals surface area contributed by atoms with E-state index in [1.165, 1.54) is 18.2 Å². The summed E-state index contributed by atoms with van der Waals surface area (Å²) in [5.74, 6) is -0.0237. The Bertz CT molecular complexity index is 1170. The van der Waals surface area contributed by atoms with Gasteiger partial charge in [-0.05, 0) is 36.8 Å². The van der Waals surface area contributed by atoms with Crippen molar-refractivity contribution < 1.29 is 23.8 Å². The first kappa shape index (κ1) is 21.4. The molecule has 0 aliphatic carbocycles. The van der Waals surface area contributed by atoms with Gasteiger partial charge in [0.05, 0.1) is 24.3 Å². The Morgan fingerprint density at radius 1 is 1.18 bits per heavy atom. The van der Waals surface area contributed by atoms with E-state index in [4.69, 9.17) is 9.47 Å². The van der Waals surface area contributed by atoms with Gasteiger partial charge in [-0.3, -0.25) is 0 Å². The van der Waals surface area contributed by atoms with Crippen LogP contribution in [0.15, 0.2) is 36.4 Å². The highest BCUT2D eigenvalue weighted by molar-refractivity contribution is 5.92. The zero-order valence-corrected chi connectivity index (χ0v) is 18.3. The number of aromatic nitrogens is 2. The molecule has 172 valence electrons. The molecule has 5 rings (SSSR count). The Morgan fingerprint density at radius 2 is 2.00 bits per heavy atom. The normalized spacial score (nSPS) is 18.7. The van der Waals surface area contributed by atoms with E-state index in [9.17, 15) is 14.3 Å². The van der Waals surface area contributed by atoms with Gasteiger partial charge in [0.1, 0.15) is 23.5 Å². The number of aryl methyl sites for hydroxylation is 1. The van der Waals surface area contributed by atoms with Crippen LogP contribution in [0.1, 0.15) is 12.0 Å². The maximum absolute atomic E-state index is 14.6. The molecular weight excluding hydrogens is 427 g/mol. The molecule has 1 atom stereocenters. The van der Waals surface area contributed by atoms with Crippen molar-refractivity contribution in [3.8, 4) is 17.1 Å². The van der Waals surface area contributed by atoms with Gasteiger partial charge in [0.25, 0.3) is 0 Å². The average Bonchev–Trinajstić information content (AvgIpc) is 3.31. The maximum atomic E-state index is 14.6. The number of phenolic OH excluding ortho intramolecular Hbond substituents is 1. The SMILES string of the molecule is Cc1ccc2c(N3CCN(C(=O)O[C@@H]4CCOC4)CC3)nc(-c3c(O)cccc3F)nc2c1. The van der Waals surface area contributed by atoms with Gasteiger partial charge in [-0.1, -0.05) is 12.1 Å². The lowest BCUT2D eigenvalue weighted by atomic mass is 10.1.